The Morgan fingerprint density at radius 1 is 0.369 bits per heavy atom. The molecule has 572 valence electrons. The van der Waals surface area contributed by atoms with Crippen molar-refractivity contribution in [3.8, 4) is 22.3 Å². The fourth-order valence-electron chi connectivity index (χ4n) is 14.4. The van der Waals surface area contributed by atoms with Crippen molar-refractivity contribution in [1.29, 1.82) is 0 Å². The number of hydrogen-bond donors (Lipinski definition) is 7. The van der Waals surface area contributed by atoms with Gasteiger partial charge in [-0.3, -0.25) is 24.0 Å². The number of amides is 5. The van der Waals surface area contributed by atoms with Gasteiger partial charge >= 0.3 is 18.2 Å². The van der Waals surface area contributed by atoms with Gasteiger partial charge in [-0.05, 0) is 104 Å². The number of rotatable bonds is 33. The number of fused-ring (bicyclic) bond motifs is 6. The van der Waals surface area contributed by atoms with Crippen LogP contribution in [0.25, 0.3) is 22.3 Å². The lowest BCUT2D eigenvalue weighted by Gasteiger charge is -2.36. The lowest BCUT2D eigenvalue weighted by molar-refractivity contribution is -0.139. The van der Waals surface area contributed by atoms with E-state index in [0.717, 1.165) is 77.9 Å². The van der Waals surface area contributed by atoms with Crippen LogP contribution in [0.15, 0.2) is 279 Å². The Morgan fingerprint density at radius 3 is 0.910 bits per heavy atom. The number of carboxylic acids is 1. The molecular weight excluding hydrogens is 1430 g/mol. The molecule has 5 amide bonds. The zero-order valence-corrected chi connectivity index (χ0v) is 64.5. The van der Waals surface area contributed by atoms with E-state index in [1.807, 2.05) is 189 Å². The summed E-state index contributed by atoms with van der Waals surface area (Å²) < 4.78 is 9.73. The van der Waals surface area contributed by atoms with Crippen molar-refractivity contribution in [2.24, 2.45) is 29.0 Å². The monoisotopic (exact) mass is 1520 g/mol. The standard InChI is InChI=1S/C46H47N3O5S.C27H30N2O2S.C19H19NO4/c1-3-40(48-44(52)41(4-2)49-45(53)54-29-39-37-26-16-14-24-35(37)36-25-15-17-27-38(36)39)42(50)28-31(43(47)51)30-55-46(32-18-8-5-9-19-32,33-20-10-6-11-21-33)34-22-12-7-13-23-34;1-2-24(28)25(30)18-20(26(29)31)19-32-27(21-12-6-3-7-13-21,22-14-8-4-9-15-22)23-16-10-5-11-17-23;1-2-17(18(21)22)20-19(23)24-11-16-14-9-5-3-7-12(14)13-8-4-6-10-15(13)16/h5-27,31,39-41H,3-4,28-30H2,1-2H3,(H2,47,51)(H,48,52)(H,49,53);3-17,20,24H,2,18-19,28H2,1H3,(H2,29,31);3-10,16-17H,2,11H2,1H3,(H,20,23)(H,21,22)/t31-,40-,41-;20-,24-;17-/m000/s1. The number of hydrogen-bond acceptors (Lipinski definition) is 13. The second-order valence-electron chi connectivity index (χ2n) is 27.4. The van der Waals surface area contributed by atoms with Gasteiger partial charge < -0.3 is 47.7 Å². The predicted octanol–water partition coefficient (Wildman–Crippen LogP) is 15.9. The van der Waals surface area contributed by atoms with E-state index in [0.29, 0.717) is 25.0 Å². The molecule has 0 aliphatic heterocycles. The van der Waals surface area contributed by atoms with Crippen LogP contribution in [0.1, 0.15) is 134 Å². The summed E-state index contributed by atoms with van der Waals surface area (Å²) in [7, 11) is 0. The Bertz CT molecular complexity index is 4490. The van der Waals surface area contributed by atoms with Crippen LogP contribution in [0.5, 0.6) is 0 Å². The normalized spacial score (nSPS) is 13.6. The summed E-state index contributed by atoms with van der Waals surface area (Å²) in [6.07, 6.45) is -0.0792. The summed E-state index contributed by atoms with van der Waals surface area (Å²) in [6.45, 7) is 7.42. The molecule has 6 atom stereocenters. The van der Waals surface area contributed by atoms with Crippen LogP contribution in [0.3, 0.4) is 0 Å². The Morgan fingerprint density at radius 2 is 0.640 bits per heavy atom. The zero-order valence-electron chi connectivity index (χ0n) is 62.8. The Balaban J connectivity index is 0.000000196. The third-order valence-corrected chi connectivity index (χ3v) is 23.9. The number of carbonyl (C=O) groups excluding carboxylic acids is 7. The molecule has 0 spiro atoms. The Labute approximate surface area is 658 Å². The van der Waals surface area contributed by atoms with Crippen LogP contribution in [-0.2, 0) is 47.7 Å². The van der Waals surface area contributed by atoms with E-state index in [-0.39, 0.29) is 61.6 Å². The van der Waals surface area contributed by atoms with Crippen LogP contribution in [-0.4, -0.2) is 101 Å². The average Bonchev–Trinajstić information content (AvgIpc) is 1.47. The molecule has 0 unspecified atom stereocenters. The second-order valence-corrected chi connectivity index (χ2v) is 29.9. The zero-order chi connectivity index (χ0) is 78.9. The van der Waals surface area contributed by atoms with E-state index in [9.17, 15) is 38.4 Å². The van der Waals surface area contributed by atoms with Gasteiger partial charge in [0.05, 0.1) is 33.4 Å². The summed E-state index contributed by atoms with van der Waals surface area (Å²) in [5.74, 6) is -3.96. The minimum Gasteiger partial charge on any atom is -0.480 e. The van der Waals surface area contributed by atoms with Crippen molar-refractivity contribution in [3.05, 3.63) is 335 Å². The predicted molar refractivity (Wildman–Crippen MR) is 441 cm³/mol. The molecule has 19 heteroatoms. The molecule has 111 heavy (non-hydrogen) atoms. The van der Waals surface area contributed by atoms with E-state index >= 15 is 0 Å². The first-order chi connectivity index (χ1) is 53.9. The molecular formula is C92H96N6O11S2. The summed E-state index contributed by atoms with van der Waals surface area (Å²) in [5, 5.41) is 16.9. The van der Waals surface area contributed by atoms with Gasteiger partial charge in [-0.2, -0.15) is 0 Å². The van der Waals surface area contributed by atoms with E-state index in [1.54, 1.807) is 44.3 Å². The number of benzene rings is 10. The number of primary amides is 2. The molecule has 0 aromatic heterocycles. The number of nitrogens with two attached hydrogens (primary N) is 3. The minimum atomic E-state index is -1.06. The van der Waals surface area contributed by atoms with Gasteiger partial charge in [-0.25, -0.2) is 14.4 Å². The number of carbonyl (C=O) groups is 8. The van der Waals surface area contributed by atoms with Crippen molar-refractivity contribution < 1.29 is 52.9 Å². The second kappa shape index (κ2) is 39.8. The molecule has 2 aliphatic rings. The van der Waals surface area contributed by atoms with Gasteiger partial charge in [0.15, 0.2) is 5.78 Å². The van der Waals surface area contributed by atoms with E-state index in [4.69, 9.17) is 31.8 Å². The highest BCUT2D eigenvalue weighted by Crippen LogP contribution is 2.52. The first-order valence-corrected chi connectivity index (χ1v) is 39.6. The Hall–Kier alpha value is -11.4. The third kappa shape index (κ3) is 20.0. The van der Waals surface area contributed by atoms with Gasteiger partial charge in [0.1, 0.15) is 31.1 Å². The van der Waals surface area contributed by atoms with Crippen molar-refractivity contribution in [2.75, 3.05) is 24.7 Å². The molecule has 17 nitrogen and oxygen atoms in total. The number of aliphatic carboxylic acids is 1. The number of thioether (sulfide) groups is 2. The lowest BCUT2D eigenvalue weighted by atomic mass is 9.84. The van der Waals surface area contributed by atoms with Gasteiger partial charge in [0, 0.05) is 36.2 Å². The molecule has 0 bridgehead atoms. The first kappa shape index (κ1) is 82.1. The van der Waals surface area contributed by atoms with Crippen molar-refractivity contribution in [3.63, 3.8) is 0 Å². The van der Waals surface area contributed by atoms with Crippen molar-refractivity contribution >= 4 is 71.0 Å². The van der Waals surface area contributed by atoms with Crippen LogP contribution < -0.4 is 33.2 Å². The number of carboxylic acid groups (broad SMARTS) is 1. The Kier molecular flexibility index (Phi) is 29.5. The fourth-order valence-corrected chi connectivity index (χ4v) is 17.7. The summed E-state index contributed by atoms with van der Waals surface area (Å²) in [4.78, 5) is 101. The molecule has 0 saturated heterocycles. The molecule has 0 radical (unpaired) electrons. The topological polar surface area (TPSA) is 289 Å². The number of alkyl carbamates (subject to hydrolysis) is 2. The van der Waals surface area contributed by atoms with Gasteiger partial charge in [0.2, 0.25) is 17.7 Å². The number of ketones is 2. The maximum atomic E-state index is 13.8. The summed E-state index contributed by atoms with van der Waals surface area (Å²) >= 11 is 3.19. The molecule has 0 heterocycles. The van der Waals surface area contributed by atoms with E-state index < -0.39 is 81.4 Å². The lowest BCUT2D eigenvalue weighted by Crippen LogP contribution is -2.51. The summed E-state index contributed by atoms with van der Waals surface area (Å²) in [5.41, 5.74) is 33.0. The highest BCUT2D eigenvalue weighted by atomic mass is 32.2. The van der Waals surface area contributed by atoms with Crippen molar-refractivity contribution in [2.45, 2.75) is 112 Å². The highest BCUT2D eigenvalue weighted by molar-refractivity contribution is 8.01. The van der Waals surface area contributed by atoms with Crippen molar-refractivity contribution in [1.82, 2.24) is 16.0 Å². The van der Waals surface area contributed by atoms with Crippen LogP contribution >= 0.6 is 23.5 Å². The number of nitrogens with one attached hydrogen (secondary N) is 3. The van der Waals surface area contributed by atoms with Gasteiger partial charge in [-0.15, -0.1) is 23.5 Å². The molecule has 0 fully saturated rings. The molecule has 0 saturated carbocycles. The van der Waals surface area contributed by atoms with E-state index in [1.165, 1.54) is 0 Å². The molecule has 2 aliphatic carbocycles. The third-order valence-electron chi connectivity index (χ3n) is 20.5. The quantitative estimate of drug-likeness (QED) is 0.0188. The van der Waals surface area contributed by atoms with Crippen LogP contribution in [0.4, 0.5) is 9.59 Å². The first-order valence-electron chi connectivity index (χ1n) is 37.6. The minimum absolute atomic E-state index is 0.0342. The largest absolute Gasteiger partial charge is 0.480 e. The SMILES string of the molecule is CC[C@H](N)C(=O)C[C@@H](CSC(c1ccccc1)(c1ccccc1)c1ccccc1)C(N)=O.CC[C@H](NC(=O)OCC1c2ccccc2-c2ccccc21)C(=O)O.CC[C@H](NC(=O)[C@H](CC)NC(=O)OCC1c2ccccc2-c2ccccc21)C(=O)C[C@@H](CSC(c1ccccc1)(c1ccccc1)c1ccccc1)C(N)=O. The molecule has 10 N–H and O–H groups in total. The van der Waals surface area contributed by atoms with Crippen LogP contribution in [0.2, 0.25) is 0 Å². The average molecular weight is 1530 g/mol. The molecule has 10 aromatic carbocycles. The number of Topliss-reactive ketones (excluding diaryl/α,β-unsaturated/α-hetero) is 2. The maximum absolute atomic E-state index is 13.8. The highest BCUT2D eigenvalue weighted by Gasteiger charge is 2.41. The molecule has 10 aromatic rings. The number of ether oxygens (including phenoxy) is 2. The summed E-state index contributed by atoms with van der Waals surface area (Å²) in [6, 6.07) is 89.9. The fraction of sp³-hybridized carbons (Fsp3) is 0.261. The van der Waals surface area contributed by atoms with Gasteiger partial charge in [0.25, 0.3) is 0 Å². The van der Waals surface area contributed by atoms with E-state index in [2.05, 4.69) is 113 Å². The van der Waals surface area contributed by atoms with Gasteiger partial charge in [-0.1, -0.05) is 307 Å². The van der Waals surface area contributed by atoms with Crippen LogP contribution in [0, 0.1) is 11.8 Å². The smallest absolute Gasteiger partial charge is 0.407 e. The molecule has 12 rings (SSSR count). The maximum Gasteiger partial charge on any atom is 0.407 e.